The van der Waals surface area contributed by atoms with Gasteiger partial charge in [0.25, 0.3) is 0 Å². The van der Waals surface area contributed by atoms with E-state index < -0.39 is 21.7 Å². The highest BCUT2D eigenvalue weighted by Crippen LogP contribution is 2.41. The van der Waals surface area contributed by atoms with Crippen LogP contribution in [0.4, 0.5) is 5.69 Å². The number of hydrogen-bond acceptors (Lipinski definition) is 3. The standard InChI is InChI=1S/C32H58N2O3S/c1-11-12-13-14-15-16-17-18-19-20-21-33-38(36,37)24-28(35)34-29-26(31(5,6)7)22-25(30(2,3)4)23-27(29)32(8,9)10/h22-23,33H,11-21,24H2,1-10H3,(H,34,35). The molecule has 1 rings (SSSR count). The molecule has 0 saturated heterocycles. The van der Waals surface area contributed by atoms with E-state index in [1.165, 1.54) is 50.5 Å². The minimum Gasteiger partial charge on any atom is -0.325 e. The van der Waals surface area contributed by atoms with E-state index in [1.54, 1.807) is 0 Å². The molecule has 0 atom stereocenters. The van der Waals surface area contributed by atoms with Gasteiger partial charge in [0, 0.05) is 12.2 Å². The minimum absolute atomic E-state index is 0.0512. The molecule has 0 spiro atoms. The summed E-state index contributed by atoms with van der Waals surface area (Å²) in [6.07, 6.45) is 12.0. The van der Waals surface area contributed by atoms with E-state index in [0.29, 0.717) is 6.54 Å². The number of nitrogens with one attached hydrogen (secondary N) is 2. The molecule has 38 heavy (non-hydrogen) atoms. The highest BCUT2D eigenvalue weighted by Gasteiger charge is 2.30. The number of anilines is 1. The maximum Gasteiger partial charge on any atom is 0.241 e. The van der Waals surface area contributed by atoms with E-state index in [9.17, 15) is 13.2 Å². The molecule has 0 fully saturated rings. The lowest BCUT2D eigenvalue weighted by molar-refractivity contribution is -0.113. The fourth-order valence-electron chi connectivity index (χ4n) is 4.63. The first-order chi connectivity index (χ1) is 17.4. The Morgan fingerprint density at radius 1 is 0.684 bits per heavy atom. The van der Waals surface area contributed by atoms with Crippen LogP contribution in [0.2, 0.25) is 0 Å². The van der Waals surface area contributed by atoms with Crippen molar-refractivity contribution in [2.45, 2.75) is 150 Å². The third-order valence-corrected chi connectivity index (χ3v) is 8.34. The number of hydrogen-bond donors (Lipinski definition) is 2. The van der Waals surface area contributed by atoms with Gasteiger partial charge in [-0.3, -0.25) is 4.79 Å². The van der Waals surface area contributed by atoms with Crippen molar-refractivity contribution in [3.8, 4) is 0 Å². The number of rotatable bonds is 15. The highest BCUT2D eigenvalue weighted by molar-refractivity contribution is 7.90. The Bertz CT molecular complexity index is 942. The normalized spacial score (nSPS) is 13.1. The zero-order valence-corrected chi connectivity index (χ0v) is 27.1. The number of amides is 1. The summed E-state index contributed by atoms with van der Waals surface area (Å²) in [6.45, 7) is 21.9. The van der Waals surface area contributed by atoms with Crippen molar-refractivity contribution < 1.29 is 13.2 Å². The lowest BCUT2D eigenvalue weighted by Crippen LogP contribution is -2.34. The molecule has 1 aromatic carbocycles. The van der Waals surface area contributed by atoms with Gasteiger partial charge < -0.3 is 5.32 Å². The molecule has 0 aliphatic carbocycles. The molecule has 0 unspecified atom stereocenters. The van der Waals surface area contributed by atoms with Crippen LogP contribution in [-0.4, -0.2) is 26.6 Å². The van der Waals surface area contributed by atoms with Crippen LogP contribution in [0, 0.1) is 0 Å². The van der Waals surface area contributed by atoms with Gasteiger partial charge in [0.2, 0.25) is 15.9 Å². The van der Waals surface area contributed by atoms with Gasteiger partial charge in [0.1, 0.15) is 5.75 Å². The zero-order chi connectivity index (χ0) is 29.2. The average molecular weight is 551 g/mol. The third kappa shape index (κ3) is 12.6. The monoisotopic (exact) mass is 550 g/mol. The first-order valence-corrected chi connectivity index (χ1v) is 16.5. The Kier molecular flexibility index (Phi) is 13.5. The van der Waals surface area contributed by atoms with Crippen LogP contribution in [0.5, 0.6) is 0 Å². The van der Waals surface area contributed by atoms with E-state index in [0.717, 1.165) is 36.1 Å². The molecule has 1 amide bonds. The van der Waals surface area contributed by atoms with Gasteiger partial charge >= 0.3 is 0 Å². The fourth-order valence-corrected chi connectivity index (χ4v) is 5.61. The van der Waals surface area contributed by atoms with Crippen molar-refractivity contribution >= 4 is 21.6 Å². The molecule has 6 heteroatoms. The van der Waals surface area contributed by atoms with Crippen molar-refractivity contribution in [2.24, 2.45) is 0 Å². The predicted molar refractivity (Wildman–Crippen MR) is 165 cm³/mol. The number of carbonyl (C=O) groups is 1. The molecule has 0 bridgehead atoms. The molecule has 2 N–H and O–H groups in total. The third-order valence-electron chi connectivity index (χ3n) is 7.06. The Balaban J connectivity index is 2.79. The number of carbonyl (C=O) groups excluding carboxylic acids is 1. The fraction of sp³-hybridized carbons (Fsp3) is 0.781. The molecule has 0 aliphatic rings. The quantitative estimate of drug-likeness (QED) is 0.215. The molecule has 0 radical (unpaired) electrons. The van der Waals surface area contributed by atoms with E-state index >= 15 is 0 Å². The van der Waals surface area contributed by atoms with Crippen LogP contribution < -0.4 is 10.0 Å². The van der Waals surface area contributed by atoms with Gasteiger partial charge in [0.15, 0.2) is 0 Å². The molecule has 0 aromatic heterocycles. The second kappa shape index (κ2) is 14.8. The summed E-state index contributed by atoms with van der Waals surface area (Å²) in [4.78, 5) is 13.0. The summed E-state index contributed by atoms with van der Waals surface area (Å²) in [5, 5.41) is 3.01. The summed E-state index contributed by atoms with van der Waals surface area (Å²) in [6, 6.07) is 4.34. The molecule has 5 nitrogen and oxygen atoms in total. The summed E-state index contributed by atoms with van der Waals surface area (Å²) in [5.74, 6) is -1.07. The minimum atomic E-state index is -3.70. The lowest BCUT2D eigenvalue weighted by atomic mass is 9.74. The smallest absolute Gasteiger partial charge is 0.241 e. The molecular formula is C32H58N2O3S. The van der Waals surface area contributed by atoms with Crippen molar-refractivity contribution in [1.82, 2.24) is 4.72 Å². The maximum atomic E-state index is 13.0. The summed E-state index contributed by atoms with van der Waals surface area (Å²) < 4.78 is 28.0. The topological polar surface area (TPSA) is 75.3 Å². The number of benzene rings is 1. The molecule has 0 saturated carbocycles. The second-order valence-corrected chi connectivity index (χ2v) is 15.9. The predicted octanol–water partition coefficient (Wildman–Crippen LogP) is 8.36. The molecule has 220 valence electrons. The average Bonchev–Trinajstić information content (AvgIpc) is 2.74. The van der Waals surface area contributed by atoms with Crippen LogP contribution in [0.25, 0.3) is 0 Å². The van der Waals surface area contributed by atoms with Gasteiger partial charge in [0.05, 0.1) is 0 Å². The second-order valence-electron chi connectivity index (χ2n) is 14.1. The SMILES string of the molecule is CCCCCCCCCCCCNS(=O)(=O)CC(=O)Nc1c(C(C)(C)C)cc(C(C)(C)C)cc1C(C)(C)C. The van der Waals surface area contributed by atoms with Gasteiger partial charge in [-0.05, 0) is 39.4 Å². The van der Waals surface area contributed by atoms with Crippen molar-refractivity contribution in [3.05, 3.63) is 28.8 Å². The van der Waals surface area contributed by atoms with E-state index in [4.69, 9.17) is 0 Å². The first kappa shape index (κ1) is 34.6. The largest absolute Gasteiger partial charge is 0.325 e. The lowest BCUT2D eigenvalue weighted by Gasteiger charge is -2.33. The Hall–Kier alpha value is -1.40. The van der Waals surface area contributed by atoms with Crippen LogP contribution in [0.3, 0.4) is 0 Å². The Morgan fingerprint density at radius 2 is 1.11 bits per heavy atom. The van der Waals surface area contributed by atoms with Crippen LogP contribution >= 0.6 is 0 Å². The molecule has 0 aliphatic heterocycles. The first-order valence-electron chi connectivity index (χ1n) is 14.8. The van der Waals surface area contributed by atoms with Gasteiger partial charge in [-0.15, -0.1) is 0 Å². The zero-order valence-electron chi connectivity index (χ0n) is 26.3. The van der Waals surface area contributed by atoms with Gasteiger partial charge in [-0.25, -0.2) is 13.1 Å². The Labute approximate surface area is 235 Å². The highest BCUT2D eigenvalue weighted by atomic mass is 32.2. The summed E-state index contributed by atoms with van der Waals surface area (Å²) in [7, 11) is -3.70. The van der Waals surface area contributed by atoms with Crippen LogP contribution in [0.15, 0.2) is 12.1 Å². The van der Waals surface area contributed by atoms with Gasteiger partial charge in [-0.2, -0.15) is 0 Å². The van der Waals surface area contributed by atoms with Crippen molar-refractivity contribution in [2.75, 3.05) is 17.6 Å². The number of sulfonamides is 1. The summed E-state index contributed by atoms with van der Waals surface area (Å²) >= 11 is 0. The van der Waals surface area contributed by atoms with E-state index in [-0.39, 0.29) is 16.2 Å². The maximum absolute atomic E-state index is 13.0. The molecule has 0 heterocycles. The van der Waals surface area contributed by atoms with E-state index in [2.05, 4.69) is 91.4 Å². The molecular weight excluding hydrogens is 492 g/mol. The molecule has 1 aromatic rings. The van der Waals surface area contributed by atoms with Crippen molar-refractivity contribution in [1.29, 1.82) is 0 Å². The number of unbranched alkanes of at least 4 members (excludes halogenated alkanes) is 9. The van der Waals surface area contributed by atoms with E-state index in [1.807, 2.05) is 0 Å². The summed E-state index contributed by atoms with van der Waals surface area (Å²) in [5.41, 5.74) is 3.50. The Morgan fingerprint density at radius 3 is 1.50 bits per heavy atom. The van der Waals surface area contributed by atoms with Crippen LogP contribution in [0.1, 0.15) is 150 Å². The van der Waals surface area contributed by atoms with Gasteiger partial charge in [-0.1, -0.05) is 139 Å². The van der Waals surface area contributed by atoms with Crippen molar-refractivity contribution in [3.63, 3.8) is 0 Å². The van der Waals surface area contributed by atoms with Crippen LogP contribution in [-0.2, 0) is 31.1 Å².